The molecule has 4 rings (SSSR count). The van der Waals surface area contributed by atoms with Crippen LogP contribution in [0, 0.1) is 6.92 Å². The van der Waals surface area contributed by atoms with Gasteiger partial charge in [0.15, 0.2) is 0 Å². The zero-order valence-electron chi connectivity index (χ0n) is 19.8. The van der Waals surface area contributed by atoms with Crippen LogP contribution >= 0.6 is 11.3 Å². The Bertz CT molecular complexity index is 1180. The number of hydrogen-bond acceptors (Lipinski definition) is 8. The van der Waals surface area contributed by atoms with Crippen molar-refractivity contribution in [3.05, 3.63) is 45.1 Å². The normalized spacial score (nSPS) is 16.5. The van der Waals surface area contributed by atoms with Crippen molar-refractivity contribution in [2.75, 3.05) is 38.1 Å². The van der Waals surface area contributed by atoms with Crippen molar-refractivity contribution >= 4 is 40.6 Å². The molecular weight excluding hydrogens is 440 g/mol. The number of esters is 1. The molecule has 0 radical (unpaired) electrons. The lowest BCUT2D eigenvalue weighted by Gasteiger charge is -2.39. The van der Waals surface area contributed by atoms with Gasteiger partial charge in [-0.15, -0.1) is 11.3 Å². The molecule has 2 aromatic rings. The van der Waals surface area contributed by atoms with Crippen molar-refractivity contribution in [2.45, 2.75) is 39.9 Å². The van der Waals surface area contributed by atoms with Crippen molar-refractivity contribution in [1.82, 2.24) is 9.80 Å². The van der Waals surface area contributed by atoms with Gasteiger partial charge >= 0.3 is 12.1 Å². The van der Waals surface area contributed by atoms with Crippen LogP contribution in [0.25, 0.3) is 5.82 Å². The summed E-state index contributed by atoms with van der Waals surface area (Å²) in [5.41, 5.74) is 1.32. The standard InChI is InChI=1S/C24H30N4O4S/c1-6-20(29)31-24(3,4)32-23(30)28-19-10-8-7-9-18(19)25-21-17(15-16(2)33-21)22(28)27-13-11-26(5)12-14-27/h7-10,15H,6,11-14H2,1-5H3. The highest BCUT2D eigenvalue weighted by Crippen LogP contribution is 2.35. The minimum Gasteiger partial charge on any atom is -0.423 e. The van der Waals surface area contributed by atoms with E-state index in [1.54, 1.807) is 37.0 Å². The number of nitrogens with zero attached hydrogens (tertiary/aromatic N) is 4. The summed E-state index contributed by atoms with van der Waals surface area (Å²) >= 11 is 1.60. The quantitative estimate of drug-likeness (QED) is 0.505. The first-order valence-corrected chi connectivity index (χ1v) is 12.0. The van der Waals surface area contributed by atoms with Crippen molar-refractivity contribution < 1.29 is 19.1 Å². The van der Waals surface area contributed by atoms with Gasteiger partial charge in [-0.25, -0.2) is 14.7 Å². The van der Waals surface area contributed by atoms with E-state index < -0.39 is 17.8 Å². The van der Waals surface area contributed by atoms with Crippen LogP contribution < -0.4 is 14.8 Å². The highest BCUT2D eigenvalue weighted by molar-refractivity contribution is 7.09. The monoisotopic (exact) mass is 470 g/mol. The molecule has 9 heteroatoms. The van der Waals surface area contributed by atoms with Gasteiger partial charge in [0.2, 0.25) is 0 Å². The summed E-state index contributed by atoms with van der Waals surface area (Å²) in [5, 5.41) is 0.901. The second-order valence-electron chi connectivity index (χ2n) is 8.72. The minimum absolute atomic E-state index is 0.197. The number of para-hydroxylation sites is 2. The topological polar surface area (TPSA) is 74.7 Å². The largest absolute Gasteiger partial charge is 0.423 e. The molecule has 1 fully saturated rings. The zero-order valence-corrected chi connectivity index (χ0v) is 20.6. The molecular formula is C24H30N4O4S. The maximum Gasteiger partial charge on any atom is 0.423 e. The van der Waals surface area contributed by atoms with E-state index in [4.69, 9.17) is 14.5 Å². The average Bonchev–Trinajstić information content (AvgIpc) is 3.05. The van der Waals surface area contributed by atoms with E-state index in [0.29, 0.717) is 11.4 Å². The summed E-state index contributed by atoms with van der Waals surface area (Å²) in [4.78, 5) is 37.7. The summed E-state index contributed by atoms with van der Waals surface area (Å²) in [6.45, 7) is 10.2. The highest BCUT2D eigenvalue weighted by atomic mass is 32.1. The van der Waals surface area contributed by atoms with Crippen molar-refractivity contribution in [1.29, 1.82) is 0 Å². The zero-order chi connectivity index (χ0) is 23.8. The van der Waals surface area contributed by atoms with Crippen LogP contribution in [0.15, 0.2) is 35.3 Å². The lowest BCUT2D eigenvalue weighted by Crippen LogP contribution is -2.51. The van der Waals surface area contributed by atoms with Crippen LogP contribution in [0.4, 0.5) is 16.2 Å². The lowest BCUT2D eigenvalue weighted by molar-refractivity contribution is -0.193. The fourth-order valence-corrected chi connectivity index (χ4v) is 4.86. The number of piperazine rings is 1. The van der Waals surface area contributed by atoms with E-state index in [2.05, 4.69) is 22.9 Å². The molecule has 2 aliphatic rings. The fourth-order valence-electron chi connectivity index (χ4n) is 3.97. The van der Waals surface area contributed by atoms with Crippen LogP contribution in [0.1, 0.15) is 32.1 Å². The summed E-state index contributed by atoms with van der Waals surface area (Å²) in [6, 6.07) is 9.61. The van der Waals surface area contributed by atoms with Gasteiger partial charge in [-0.2, -0.15) is 0 Å². The smallest absolute Gasteiger partial charge is 0.423 e. The van der Waals surface area contributed by atoms with Crippen LogP contribution in [0.2, 0.25) is 0 Å². The predicted octanol–water partition coefficient (Wildman–Crippen LogP) is 2.97. The Balaban J connectivity index is 1.85. The molecule has 1 saturated heterocycles. The molecule has 1 aromatic heterocycles. The molecule has 1 aromatic carbocycles. The Hall–Kier alpha value is -2.91. The van der Waals surface area contributed by atoms with Crippen LogP contribution in [0.3, 0.4) is 0 Å². The van der Waals surface area contributed by atoms with Crippen molar-refractivity contribution in [2.24, 2.45) is 4.99 Å². The van der Waals surface area contributed by atoms with Gasteiger partial charge in [0.1, 0.15) is 10.5 Å². The third-order valence-corrected chi connectivity index (χ3v) is 6.54. The first-order valence-electron chi connectivity index (χ1n) is 11.2. The fraction of sp³-hybridized carbons (Fsp3) is 0.458. The number of benzene rings is 1. The van der Waals surface area contributed by atoms with Gasteiger partial charge in [-0.1, -0.05) is 19.1 Å². The van der Waals surface area contributed by atoms with Crippen LogP contribution in [0.5, 0.6) is 0 Å². The van der Waals surface area contributed by atoms with E-state index >= 15 is 0 Å². The van der Waals surface area contributed by atoms with Crippen LogP contribution in [-0.4, -0.2) is 60.9 Å². The van der Waals surface area contributed by atoms with E-state index in [1.165, 1.54) is 0 Å². The first-order chi connectivity index (χ1) is 15.7. The second-order valence-corrected chi connectivity index (χ2v) is 9.96. The van der Waals surface area contributed by atoms with Gasteiger partial charge in [0.05, 0.1) is 16.6 Å². The molecule has 176 valence electrons. The van der Waals surface area contributed by atoms with E-state index in [0.717, 1.165) is 46.8 Å². The summed E-state index contributed by atoms with van der Waals surface area (Å²) in [6.07, 6.45) is -0.417. The molecule has 0 unspecified atom stereocenters. The number of ether oxygens (including phenoxy) is 2. The number of likely N-dealkylation sites (N-methyl/N-ethyl adjacent to an activating group) is 1. The number of carbonyl (C=O) groups excluding carboxylic acids is 2. The molecule has 1 amide bonds. The first kappa shape index (κ1) is 23.3. The van der Waals surface area contributed by atoms with E-state index in [1.807, 2.05) is 31.2 Å². The number of hydrogen-bond donors (Lipinski definition) is 0. The summed E-state index contributed by atoms with van der Waals surface area (Å²) in [5.74, 6) is -1.10. The predicted molar refractivity (Wildman–Crippen MR) is 128 cm³/mol. The Kier molecular flexibility index (Phi) is 6.45. The summed E-state index contributed by atoms with van der Waals surface area (Å²) < 4.78 is 12.0. The molecule has 0 saturated carbocycles. The molecule has 0 aliphatic carbocycles. The molecule has 8 nitrogen and oxygen atoms in total. The van der Waals surface area contributed by atoms with Gasteiger partial charge in [0, 0.05) is 51.3 Å². The molecule has 0 bridgehead atoms. The van der Waals surface area contributed by atoms with Crippen molar-refractivity contribution in [3.8, 4) is 0 Å². The van der Waals surface area contributed by atoms with Crippen LogP contribution in [-0.2, 0) is 14.3 Å². The number of anilines is 1. The number of thiophene rings is 1. The highest BCUT2D eigenvalue weighted by Gasteiger charge is 2.36. The minimum atomic E-state index is -1.41. The summed E-state index contributed by atoms with van der Waals surface area (Å²) in [7, 11) is 2.09. The number of aryl methyl sites for hydroxylation is 1. The lowest BCUT2D eigenvalue weighted by atomic mass is 10.2. The third-order valence-electron chi connectivity index (χ3n) is 5.60. The molecule has 3 heterocycles. The Labute approximate surface area is 197 Å². The number of fused-ring (bicyclic) bond motifs is 2. The number of carbonyl (C=O) groups is 2. The maximum absolute atomic E-state index is 13.7. The Morgan fingerprint density at radius 2 is 1.82 bits per heavy atom. The number of amides is 1. The van der Waals surface area contributed by atoms with E-state index in [9.17, 15) is 9.59 Å². The molecule has 33 heavy (non-hydrogen) atoms. The Morgan fingerprint density at radius 3 is 2.52 bits per heavy atom. The van der Waals surface area contributed by atoms with Gasteiger partial charge in [-0.3, -0.25) is 4.79 Å². The molecule has 0 N–H and O–H groups in total. The van der Waals surface area contributed by atoms with Gasteiger partial charge in [-0.05, 0) is 32.2 Å². The SMILES string of the molecule is CCC(=O)OC(C)(C)OC(=O)N1C(N2CCN(C)CC2)=c2cc(C)sc2=Nc2ccccc21. The molecule has 0 atom stereocenters. The van der Waals surface area contributed by atoms with Crippen molar-refractivity contribution in [3.63, 3.8) is 0 Å². The van der Waals surface area contributed by atoms with Gasteiger partial charge in [0.25, 0.3) is 5.79 Å². The van der Waals surface area contributed by atoms with E-state index in [-0.39, 0.29) is 6.42 Å². The molecule has 0 spiro atoms. The third kappa shape index (κ3) is 4.89. The second kappa shape index (κ2) is 9.15. The Morgan fingerprint density at radius 1 is 1.12 bits per heavy atom. The molecule has 2 aliphatic heterocycles. The van der Waals surface area contributed by atoms with Gasteiger partial charge < -0.3 is 19.3 Å². The average molecular weight is 471 g/mol. The number of rotatable bonds is 4. The maximum atomic E-state index is 13.7.